The lowest BCUT2D eigenvalue weighted by Crippen LogP contribution is -2.69. The summed E-state index contributed by atoms with van der Waals surface area (Å²) < 4.78 is 24.3. The number of hydrogen-bond acceptors (Lipinski definition) is 6. The van der Waals surface area contributed by atoms with Gasteiger partial charge in [-0.25, -0.2) is 4.90 Å². The average molecular weight is 364 g/mol. The van der Waals surface area contributed by atoms with Crippen LogP contribution >= 0.6 is 0 Å². The summed E-state index contributed by atoms with van der Waals surface area (Å²) in [6.07, 6.45) is 8.18. The molecule has 5 rings (SSSR count). The van der Waals surface area contributed by atoms with E-state index in [1.54, 1.807) is 14.2 Å². The summed E-state index contributed by atoms with van der Waals surface area (Å²) in [5.74, 6) is 0.808. The van der Waals surface area contributed by atoms with E-state index in [9.17, 15) is 0 Å². The third-order valence-corrected chi connectivity index (χ3v) is 6.90. The Morgan fingerprint density at radius 1 is 0.962 bits per heavy atom. The summed E-state index contributed by atoms with van der Waals surface area (Å²) in [5.41, 5.74) is -0.898. The van der Waals surface area contributed by atoms with E-state index < -0.39 is 11.4 Å². The third-order valence-electron chi connectivity index (χ3n) is 6.90. The lowest BCUT2D eigenvalue weighted by atomic mass is 9.90. The van der Waals surface area contributed by atoms with Gasteiger partial charge in [-0.2, -0.15) is 0 Å². The van der Waals surface area contributed by atoms with E-state index in [1.807, 2.05) is 0 Å². The van der Waals surface area contributed by atoms with Gasteiger partial charge in [-0.1, -0.05) is 10.3 Å². The molecule has 5 aliphatic rings. The van der Waals surface area contributed by atoms with E-state index in [2.05, 4.69) is 4.90 Å². The summed E-state index contributed by atoms with van der Waals surface area (Å²) in [6.45, 7) is 1.56. The average Bonchev–Trinajstić information content (AvgIpc) is 2.95. The Balaban J connectivity index is 1.55. The number of hydrogen-bond donors (Lipinski definition) is 0. The van der Waals surface area contributed by atoms with Crippen molar-refractivity contribution >= 4 is 5.96 Å². The molecule has 0 amide bonds. The molecule has 2 radical (unpaired) electrons. The minimum Gasteiger partial charge on any atom is -0.375 e. The first-order valence-corrected chi connectivity index (χ1v) is 10.1. The fourth-order valence-electron chi connectivity index (χ4n) is 5.73. The van der Waals surface area contributed by atoms with Gasteiger partial charge in [0.1, 0.15) is 24.3 Å². The van der Waals surface area contributed by atoms with Gasteiger partial charge >= 0.3 is 5.96 Å². The van der Waals surface area contributed by atoms with E-state index in [1.165, 1.54) is 0 Å². The molecule has 0 aliphatic carbocycles. The predicted octanol–water partition coefficient (Wildman–Crippen LogP) is 0.966. The lowest BCUT2D eigenvalue weighted by Gasteiger charge is -2.45. The first kappa shape index (κ1) is 17.2. The first-order valence-electron chi connectivity index (χ1n) is 10.1. The van der Waals surface area contributed by atoms with Gasteiger partial charge in [0.2, 0.25) is 11.4 Å². The van der Waals surface area contributed by atoms with Crippen LogP contribution in [0.25, 0.3) is 0 Å². The zero-order valence-corrected chi connectivity index (χ0v) is 15.9. The van der Waals surface area contributed by atoms with Crippen molar-refractivity contribution in [2.24, 2.45) is 0 Å². The van der Waals surface area contributed by atoms with E-state index in [4.69, 9.17) is 29.3 Å². The van der Waals surface area contributed by atoms with Crippen LogP contribution in [0.2, 0.25) is 0 Å². The van der Waals surface area contributed by atoms with Gasteiger partial charge in [-0.3, -0.25) is 0 Å². The number of ether oxygens (including phenoxy) is 4. The number of guanidine groups is 1. The van der Waals surface area contributed by atoms with Crippen LogP contribution in [0.15, 0.2) is 0 Å². The van der Waals surface area contributed by atoms with Crippen molar-refractivity contribution in [3.8, 4) is 0 Å². The maximum Gasteiger partial charge on any atom is 0.424 e. The first-order chi connectivity index (χ1) is 12.7. The summed E-state index contributed by atoms with van der Waals surface area (Å²) >= 11 is 0. The van der Waals surface area contributed by atoms with Crippen LogP contribution < -0.4 is 10.3 Å². The molecule has 0 unspecified atom stereocenters. The van der Waals surface area contributed by atoms with Gasteiger partial charge < -0.3 is 18.9 Å². The van der Waals surface area contributed by atoms with Gasteiger partial charge in [0.15, 0.2) is 0 Å². The van der Waals surface area contributed by atoms with Crippen molar-refractivity contribution in [3.05, 3.63) is 0 Å². The molecule has 0 N–H and O–H groups in total. The number of methoxy groups -OCH3 is 2. The lowest BCUT2D eigenvalue weighted by molar-refractivity contribution is -0.140. The Hall–Kier alpha value is -0.890. The maximum absolute atomic E-state index is 6.23. The van der Waals surface area contributed by atoms with E-state index >= 15 is 0 Å². The van der Waals surface area contributed by atoms with E-state index in [-0.39, 0.29) is 24.3 Å². The quantitative estimate of drug-likeness (QED) is 0.730. The standard InChI is InChI=1S/C19H30N3O4/c1-23-15-13-11-18(7-3-5-9-25-18)20-17-21-19(8-4-6-10-26-19)12-14(22(13)17)16(15)24-2/h13-16H,3-12H2,1-2H3/q+1/t13-,14-,15-,16-,18+,19+/m0/s1. The van der Waals surface area contributed by atoms with Crippen molar-refractivity contribution in [1.82, 2.24) is 15.2 Å². The van der Waals surface area contributed by atoms with Crippen LogP contribution in [0.4, 0.5) is 0 Å². The largest absolute Gasteiger partial charge is 0.424 e. The molecule has 4 fully saturated rings. The second kappa shape index (κ2) is 6.33. The molecule has 0 bridgehead atoms. The molecule has 26 heavy (non-hydrogen) atoms. The molecule has 0 aromatic rings. The maximum atomic E-state index is 6.23. The minimum atomic E-state index is -0.449. The number of rotatable bonds is 2. The Morgan fingerprint density at radius 3 is 2.27 bits per heavy atom. The Labute approximate surface area is 155 Å². The number of aliphatic imine (C=N–C) groups is 1. The highest BCUT2D eigenvalue weighted by molar-refractivity contribution is 5.82. The normalized spacial score (nSPS) is 47.6. The van der Waals surface area contributed by atoms with E-state index in [0.29, 0.717) is 0 Å². The van der Waals surface area contributed by atoms with Crippen LogP contribution in [0.3, 0.4) is 0 Å². The highest BCUT2D eigenvalue weighted by Crippen LogP contribution is 2.45. The van der Waals surface area contributed by atoms with Crippen molar-refractivity contribution < 1.29 is 18.9 Å². The second-order valence-corrected chi connectivity index (χ2v) is 8.38. The molecule has 7 heteroatoms. The molecular formula is C19H30N3O4+. The zero-order chi connectivity index (χ0) is 17.8. The molecule has 5 heterocycles. The molecule has 7 nitrogen and oxygen atoms in total. The second-order valence-electron chi connectivity index (χ2n) is 8.38. The Kier molecular flexibility index (Phi) is 4.19. The molecule has 5 aliphatic heterocycles. The van der Waals surface area contributed by atoms with Gasteiger partial charge in [0.05, 0.1) is 13.2 Å². The monoisotopic (exact) mass is 364 g/mol. The van der Waals surface area contributed by atoms with Gasteiger partial charge in [-0.05, 0) is 25.7 Å². The zero-order valence-electron chi connectivity index (χ0n) is 15.9. The van der Waals surface area contributed by atoms with E-state index in [0.717, 1.165) is 70.5 Å². The molecule has 0 aromatic carbocycles. The molecule has 6 atom stereocenters. The third kappa shape index (κ3) is 2.51. The van der Waals surface area contributed by atoms with Gasteiger partial charge in [0, 0.05) is 39.9 Å². The van der Waals surface area contributed by atoms with Crippen molar-refractivity contribution in [1.29, 1.82) is 0 Å². The fraction of sp³-hybridized carbons (Fsp3) is 0.947. The Bertz CT molecular complexity index is 567. The van der Waals surface area contributed by atoms with Crippen LogP contribution in [-0.4, -0.2) is 74.0 Å². The fourth-order valence-corrected chi connectivity index (χ4v) is 5.73. The Morgan fingerprint density at radius 2 is 1.65 bits per heavy atom. The minimum absolute atomic E-state index is 0.00634. The van der Waals surface area contributed by atoms with Crippen LogP contribution in [0, 0.1) is 0 Å². The summed E-state index contributed by atoms with van der Waals surface area (Å²) in [5, 5.41) is 5.09. The molecule has 0 aromatic heterocycles. The van der Waals surface area contributed by atoms with Gasteiger partial charge in [0.25, 0.3) is 0 Å². The predicted molar refractivity (Wildman–Crippen MR) is 94.6 cm³/mol. The molecular weight excluding hydrogens is 334 g/mol. The topological polar surface area (TPSA) is 68.4 Å². The van der Waals surface area contributed by atoms with Crippen molar-refractivity contribution in [2.75, 3.05) is 27.4 Å². The highest BCUT2D eigenvalue weighted by atomic mass is 16.5. The van der Waals surface area contributed by atoms with Gasteiger partial charge in [-0.15, -0.1) is 0 Å². The van der Waals surface area contributed by atoms with Crippen molar-refractivity contribution in [2.45, 2.75) is 87.1 Å². The summed E-state index contributed by atoms with van der Waals surface area (Å²) in [4.78, 5) is 7.44. The smallest absolute Gasteiger partial charge is 0.375 e. The van der Waals surface area contributed by atoms with Crippen LogP contribution in [0.1, 0.15) is 51.4 Å². The number of nitrogens with zero attached hydrogens (tertiary/aromatic N) is 3. The molecule has 2 spiro atoms. The van der Waals surface area contributed by atoms with Crippen LogP contribution in [-0.2, 0) is 18.9 Å². The highest BCUT2D eigenvalue weighted by Gasteiger charge is 2.68. The molecule has 0 saturated carbocycles. The molecule has 4 saturated heterocycles. The van der Waals surface area contributed by atoms with Crippen LogP contribution in [0.5, 0.6) is 0 Å². The van der Waals surface area contributed by atoms with Crippen molar-refractivity contribution in [3.63, 3.8) is 0 Å². The summed E-state index contributed by atoms with van der Waals surface area (Å²) in [6, 6.07) is 0.399. The SMILES string of the molecule is CO[C@@H]1[C@@H](OC)[C@@H]2C[C@]3(CCCCO3)[N+]=C3[N][C@@]4(CCCCO4)C[C@@H]1N32. The summed E-state index contributed by atoms with van der Waals surface area (Å²) in [7, 11) is 3.58. The molecule has 144 valence electrons.